The summed E-state index contributed by atoms with van der Waals surface area (Å²) in [5, 5.41) is 20.4. The molecular weight excluding hydrogens is 292 g/mol. The van der Waals surface area contributed by atoms with Crippen LogP contribution in [0.3, 0.4) is 0 Å². The highest BCUT2D eigenvalue weighted by Gasteiger charge is 2.14. The molecule has 0 heterocycles. The zero-order valence-corrected chi connectivity index (χ0v) is 14.1. The fourth-order valence-electron chi connectivity index (χ4n) is 2.45. The average Bonchev–Trinajstić information content (AvgIpc) is 2.54. The predicted octanol–water partition coefficient (Wildman–Crippen LogP) is -1.15. The number of phenols is 1. The summed E-state index contributed by atoms with van der Waals surface area (Å²) in [5.41, 5.74) is 20.6. The Kier molecular flexibility index (Phi) is 9.77. The van der Waals surface area contributed by atoms with E-state index in [4.69, 9.17) is 17.2 Å². The molecule has 0 aromatic heterocycles. The Hall–Kier alpha value is -1.22. The van der Waals surface area contributed by atoms with Crippen molar-refractivity contribution in [3.63, 3.8) is 0 Å². The summed E-state index contributed by atoms with van der Waals surface area (Å²) in [6.07, 6.45) is 0. The molecule has 0 amide bonds. The van der Waals surface area contributed by atoms with E-state index in [0.29, 0.717) is 38.5 Å². The second-order valence-electron chi connectivity index (χ2n) is 5.54. The van der Waals surface area contributed by atoms with E-state index in [1.165, 1.54) is 5.56 Å². The van der Waals surface area contributed by atoms with Crippen LogP contribution in [0.15, 0.2) is 6.07 Å². The molecule has 0 atom stereocenters. The van der Waals surface area contributed by atoms with Gasteiger partial charge in [0.15, 0.2) is 0 Å². The molecule has 0 unspecified atom stereocenters. The van der Waals surface area contributed by atoms with Crippen molar-refractivity contribution in [1.29, 1.82) is 0 Å². The van der Waals surface area contributed by atoms with Crippen LogP contribution in [0, 0.1) is 6.92 Å². The molecule has 0 aliphatic heterocycles. The summed E-state index contributed by atoms with van der Waals surface area (Å²) in [7, 11) is 0. The van der Waals surface area contributed by atoms with Gasteiger partial charge in [-0.25, -0.2) is 0 Å². The molecule has 0 saturated carbocycles. The summed E-state index contributed by atoms with van der Waals surface area (Å²) >= 11 is 0. The molecule has 10 N–H and O–H groups in total. The highest BCUT2D eigenvalue weighted by atomic mass is 16.3. The van der Waals surface area contributed by atoms with Gasteiger partial charge in [0.2, 0.25) is 0 Å². The number of rotatable bonds is 12. The minimum absolute atomic E-state index is 0.346. The topological polar surface area (TPSA) is 134 Å². The van der Waals surface area contributed by atoms with Gasteiger partial charge in [-0.05, 0) is 24.1 Å². The average molecular weight is 324 g/mol. The minimum atomic E-state index is 0.346. The molecule has 1 aromatic carbocycles. The third-order valence-electron chi connectivity index (χ3n) is 3.77. The first-order valence-corrected chi connectivity index (χ1v) is 8.21. The zero-order chi connectivity index (χ0) is 17.1. The molecule has 1 aromatic rings. The van der Waals surface area contributed by atoms with Crippen LogP contribution in [0.1, 0.15) is 22.3 Å². The van der Waals surface area contributed by atoms with Gasteiger partial charge in [0.1, 0.15) is 5.75 Å². The fourth-order valence-corrected chi connectivity index (χ4v) is 2.45. The van der Waals surface area contributed by atoms with Gasteiger partial charge in [0.05, 0.1) is 0 Å². The third kappa shape index (κ3) is 6.42. The molecule has 0 saturated heterocycles. The lowest BCUT2D eigenvalue weighted by Crippen LogP contribution is -2.25. The molecule has 0 spiro atoms. The SMILES string of the molecule is Cc1c(CNCCN)cc(CNCCN)c(O)c1CNCCN. The van der Waals surface area contributed by atoms with Crippen molar-refractivity contribution in [1.82, 2.24) is 16.0 Å². The Labute approximate surface area is 139 Å². The van der Waals surface area contributed by atoms with Gasteiger partial charge in [0.25, 0.3) is 0 Å². The maximum atomic E-state index is 10.6. The standard InChI is InChI=1S/C16H32N6O/c1-12-13(9-20-5-2-17)8-14(10-21-6-3-18)16(23)15(12)11-22-7-4-19/h8,20-23H,2-7,9-11,17-19H2,1H3. The van der Waals surface area contributed by atoms with Crippen molar-refractivity contribution in [3.05, 3.63) is 28.3 Å². The van der Waals surface area contributed by atoms with Crippen LogP contribution >= 0.6 is 0 Å². The number of hydrogen-bond donors (Lipinski definition) is 7. The van der Waals surface area contributed by atoms with Gasteiger partial charge in [0, 0.05) is 70.0 Å². The summed E-state index contributed by atoms with van der Waals surface area (Å²) in [4.78, 5) is 0. The third-order valence-corrected chi connectivity index (χ3v) is 3.77. The molecule has 1 rings (SSSR count). The molecule has 0 fully saturated rings. The molecule has 0 radical (unpaired) electrons. The van der Waals surface area contributed by atoms with Crippen LogP contribution in [0.25, 0.3) is 0 Å². The normalized spacial score (nSPS) is 11.1. The van der Waals surface area contributed by atoms with E-state index in [-0.39, 0.29) is 0 Å². The first-order valence-electron chi connectivity index (χ1n) is 8.21. The van der Waals surface area contributed by atoms with E-state index >= 15 is 0 Å². The van der Waals surface area contributed by atoms with Crippen LogP contribution in [-0.4, -0.2) is 44.4 Å². The Morgan fingerprint density at radius 3 is 1.83 bits per heavy atom. The van der Waals surface area contributed by atoms with Gasteiger partial charge in [-0.2, -0.15) is 0 Å². The fraction of sp³-hybridized carbons (Fsp3) is 0.625. The zero-order valence-electron chi connectivity index (χ0n) is 14.1. The van der Waals surface area contributed by atoms with Crippen LogP contribution in [0.4, 0.5) is 0 Å². The number of hydrogen-bond acceptors (Lipinski definition) is 7. The lowest BCUT2D eigenvalue weighted by Gasteiger charge is -2.18. The smallest absolute Gasteiger partial charge is 0.124 e. The van der Waals surface area contributed by atoms with E-state index < -0.39 is 0 Å². The molecular formula is C16H32N6O. The van der Waals surface area contributed by atoms with Crippen LogP contribution in [-0.2, 0) is 19.6 Å². The van der Waals surface area contributed by atoms with E-state index in [2.05, 4.69) is 16.0 Å². The number of phenolic OH excluding ortho intramolecular Hbond substituents is 1. The summed E-state index contributed by atoms with van der Waals surface area (Å²) in [6.45, 7) is 7.91. The second kappa shape index (κ2) is 11.3. The van der Waals surface area contributed by atoms with Gasteiger partial charge in [-0.1, -0.05) is 0 Å². The van der Waals surface area contributed by atoms with Crippen molar-refractivity contribution in [2.24, 2.45) is 17.2 Å². The Morgan fingerprint density at radius 1 is 0.826 bits per heavy atom. The summed E-state index contributed by atoms with van der Waals surface area (Å²) in [5.74, 6) is 0.346. The van der Waals surface area contributed by atoms with Gasteiger partial charge in [-0.3, -0.25) is 0 Å². The lowest BCUT2D eigenvalue weighted by molar-refractivity contribution is 0.453. The molecule has 0 aliphatic rings. The lowest BCUT2D eigenvalue weighted by atomic mass is 9.96. The molecule has 7 heteroatoms. The van der Waals surface area contributed by atoms with Crippen molar-refractivity contribution < 1.29 is 5.11 Å². The molecule has 7 nitrogen and oxygen atoms in total. The van der Waals surface area contributed by atoms with E-state index in [9.17, 15) is 5.11 Å². The Balaban J connectivity index is 2.97. The minimum Gasteiger partial charge on any atom is -0.507 e. The first kappa shape index (κ1) is 19.8. The number of nitrogens with two attached hydrogens (primary N) is 3. The van der Waals surface area contributed by atoms with Crippen LogP contribution in [0.5, 0.6) is 5.75 Å². The first-order chi connectivity index (χ1) is 11.2. The molecule has 0 bridgehead atoms. The number of aromatic hydroxyl groups is 1. The van der Waals surface area contributed by atoms with Gasteiger partial charge in [-0.15, -0.1) is 0 Å². The molecule has 132 valence electrons. The highest BCUT2D eigenvalue weighted by molar-refractivity contribution is 5.49. The number of benzene rings is 1. The van der Waals surface area contributed by atoms with Crippen molar-refractivity contribution in [2.75, 3.05) is 39.3 Å². The monoisotopic (exact) mass is 324 g/mol. The van der Waals surface area contributed by atoms with Crippen LogP contribution < -0.4 is 33.2 Å². The van der Waals surface area contributed by atoms with Crippen molar-refractivity contribution >= 4 is 0 Å². The van der Waals surface area contributed by atoms with E-state index in [1.54, 1.807) is 0 Å². The Bertz CT molecular complexity index is 432. The van der Waals surface area contributed by atoms with Gasteiger partial charge >= 0.3 is 0 Å². The predicted molar refractivity (Wildman–Crippen MR) is 95.1 cm³/mol. The quantitative estimate of drug-likeness (QED) is 0.241. The maximum absolute atomic E-state index is 10.6. The van der Waals surface area contributed by atoms with E-state index in [0.717, 1.165) is 42.9 Å². The van der Waals surface area contributed by atoms with Crippen molar-refractivity contribution in [3.8, 4) is 5.75 Å². The molecule has 23 heavy (non-hydrogen) atoms. The summed E-state index contributed by atoms with van der Waals surface area (Å²) < 4.78 is 0. The van der Waals surface area contributed by atoms with E-state index in [1.807, 2.05) is 13.0 Å². The maximum Gasteiger partial charge on any atom is 0.124 e. The largest absolute Gasteiger partial charge is 0.507 e. The summed E-state index contributed by atoms with van der Waals surface area (Å²) in [6, 6.07) is 2.05. The number of nitrogens with one attached hydrogen (secondary N) is 3. The van der Waals surface area contributed by atoms with Crippen molar-refractivity contribution in [2.45, 2.75) is 26.6 Å². The van der Waals surface area contributed by atoms with Crippen LogP contribution in [0.2, 0.25) is 0 Å². The van der Waals surface area contributed by atoms with Gasteiger partial charge < -0.3 is 38.3 Å². The second-order valence-corrected chi connectivity index (χ2v) is 5.54. The highest BCUT2D eigenvalue weighted by Crippen LogP contribution is 2.29. The molecule has 0 aliphatic carbocycles. The Morgan fingerprint density at radius 2 is 1.30 bits per heavy atom.